The Morgan fingerprint density at radius 3 is 2.58 bits per heavy atom. The third-order valence-electron chi connectivity index (χ3n) is 1.22. The number of H-pyrrole nitrogens is 2. The average molecular weight is 188 g/mol. The van der Waals surface area contributed by atoms with Crippen molar-refractivity contribution in [1.29, 1.82) is 0 Å². The number of carbonyl (C=O) groups excluding carboxylic acids is 1. The highest BCUT2D eigenvalue weighted by Crippen LogP contribution is 2.11. The maximum atomic E-state index is 10.6. The molecule has 5 nitrogen and oxygen atoms in total. The van der Waals surface area contributed by atoms with Crippen molar-refractivity contribution in [2.24, 2.45) is 0 Å². The zero-order valence-corrected chi connectivity index (χ0v) is 7.45. The van der Waals surface area contributed by atoms with E-state index in [-0.39, 0.29) is 5.88 Å². The van der Waals surface area contributed by atoms with E-state index in [0.717, 1.165) is 0 Å². The van der Waals surface area contributed by atoms with Crippen LogP contribution in [0, 0.1) is 11.7 Å². The van der Waals surface area contributed by atoms with Gasteiger partial charge in [-0.3, -0.25) is 0 Å². The van der Waals surface area contributed by atoms with Crippen LogP contribution in [-0.4, -0.2) is 23.2 Å². The second-order valence-corrected chi connectivity index (χ2v) is 2.50. The van der Waals surface area contributed by atoms with Gasteiger partial charge in [0, 0.05) is 0 Å². The highest BCUT2D eigenvalue weighted by Gasteiger charge is 2.07. The fourth-order valence-corrected chi connectivity index (χ4v) is 0.928. The summed E-state index contributed by atoms with van der Waals surface area (Å²) in [6.07, 6.45) is -0.775. The molecule has 0 radical (unpaired) electrons. The van der Waals surface area contributed by atoms with Gasteiger partial charge in [0.25, 0.3) is 0 Å². The molecule has 0 atom stereocenters. The van der Waals surface area contributed by atoms with Crippen LogP contribution in [-0.2, 0) is 4.74 Å². The Hall–Kier alpha value is -1.30. The minimum absolute atomic E-state index is 0.284. The first-order chi connectivity index (χ1) is 5.63. The molecule has 0 aromatic carbocycles. The van der Waals surface area contributed by atoms with E-state index in [4.69, 9.17) is 17.0 Å². The van der Waals surface area contributed by atoms with E-state index in [9.17, 15) is 4.79 Å². The van der Waals surface area contributed by atoms with E-state index >= 15 is 0 Å². The van der Waals surface area contributed by atoms with Crippen LogP contribution in [0.3, 0.4) is 0 Å². The number of rotatable bonds is 1. The normalized spacial score (nSPS) is 9.50. The summed E-state index contributed by atoms with van der Waals surface area (Å²) >= 11 is 4.77. The van der Waals surface area contributed by atoms with Crippen LogP contribution in [0.5, 0.6) is 5.88 Å². The summed E-state index contributed by atoms with van der Waals surface area (Å²) in [5.41, 5.74) is 0.658. The number of aromatic nitrogens is 2. The molecule has 1 aromatic heterocycles. The van der Waals surface area contributed by atoms with Gasteiger partial charge in [0.15, 0.2) is 4.77 Å². The van der Waals surface area contributed by atoms with Crippen molar-refractivity contribution in [3.8, 4) is 5.88 Å². The first-order valence-electron chi connectivity index (χ1n) is 3.18. The lowest BCUT2D eigenvalue weighted by atomic mass is 10.5. The smallest absolute Gasteiger partial charge is 0.437 e. The van der Waals surface area contributed by atoms with Crippen molar-refractivity contribution in [3.05, 3.63) is 10.5 Å². The summed E-state index contributed by atoms with van der Waals surface area (Å²) < 4.78 is 9.40. The summed E-state index contributed by atoms with van der Waals surface area (Å²) in [5, 5.41) is 0. The summed E-state index contributed by atoms with van der Waals surface area (Å²) in [4.78, 5) is 16.0. The van der Waals surface area contributed by atoms with Crippen molar-refractivity contribution in [3.63, 3.8) is 0 Å². The molecular weight excluding hydrogens is 180 g/mol. The first-order valence-corrected chi connectivity index (χ1v) is 3.59. The SMILES string of the molecule is COC(=O)Oc1[nH]c(=S)[nH]c1C. The lowest BCUT2D eigenvalue weighted by Gasteiger charge is -1.98. The number of aryl methyl sites for hydroxylation is 1. The first kappa shape index (κ1) is 8.79. The Kier molecular flexibility index (Phi) is 2.49. The van der Waals surface area contributed by atoms with Gasteiger partial charge >= 0.3 is 6.16 Å². The van der Waals surface area contributed by atoms with Crippen molar-refractivity contribution in [2.45, 2.75) is 6.92 Å². The number of hydrogen-bond acceptors (Lipinski definition) is 4. The van der Waals surface area contributed by atoms with Crippen molar-refractivity contribution in [1.82, 2.24) is 9.97 Å². The van der Waals surface area contributed by atoms with Crippen LogP contribution in [0.15, 0.2) is 0 Å². The third-order valence-corrected chi connectivity index (χ3v) is 1.42. The number of methoxy groups -OCH3 is 1. The Morgan fingerprint density at radius 2 is 2.17 bits per heavy atom. The molecule has 0 unspecified atom stereocenters. The molecule has 0 aliphatic carbocycles. The van der Waals surface area contributed by atoms with E-state index in [1.807, 2.05) is 0 Å². The highest BCUT2D eigenvalue weighted by molar-refractivity contribution is 7.71. The van der Waals surface area contributed by atoms with Gasteiger partial charge in [-0.05, 0) is 19.1 Å². The third kappa shape index (κ3) is 1.85. The molecule has 1 aromatic rings. The molecule has 2 N–H and O–H groups in total. The fourth-order valence-electron chi connectivity index (χ4n) is 0.682. The van der Waals surface area contributed by atoms with Gasteiger partial charge in [0.1, 0.15) is 0 Å². The Balaban J connectivity index is 2.82. The number of hydrogen-bond donors (Lipinski definition) is 2. The summed E-state index contributed by atoms with van der Waals surface area (Å²) in [5.74, 6) is 0.284. The van der Waals surface area contributed by atoms with Crippen LogP contribution >= 0.6 is 12.2 Å². The molecule has 0 saturated heterocycles. The summed E-state index contributed by atoms with van der Waals surface area (Å²) in [6, 6.07) is 0. The molecule has 12 heavy (non-hydrogen) atoms. The van der Waals surface area contributed by atoms with E-state index in [2.05, 4.69) is 14.7 Å². The van der Waals surface area contributed by atoms with Gasteiger partial charge in [0.05, 0.1) is 12.8 Å². The Bertz CT molecular complexity index is 341. The highest BCUT2D eigenvalue weighted by atomic mass is 32.1. The van der Waals surface area contributed by atoms with Gasteiger partial charge in [0.2, 0.25) is 5.88 Å². The van der Waals surface area contributed by atoms with Crippen molar-refractivity contribution in [2.75, 3.05) is 7.11 Å². The van der Waals surface area contributed by atoms with Gasteiger partial charge in [-0.25, -0.2) is 4.79 Å². The molecular formula is C6H8N2O3S. The number of aromatic amines is 2. The topological polar surface area (TPSA) is 67.1 Å². The van der Waals surface area contributed by atoms with Crippen LogP contribution in [0.4, 0.5) is 4.79 Å². The maximum Gasteiger partial charge on any atom is 0.514 e. The molecule has 0 saturated carbocycles. The minimum atomic E-state index is -0.775. The molecule has 1 heterocycles. The molecule has 0 amide bonds. The van der Waals surface area contributed by atoms with Crippen molar-refractivity contribution >= 4 is 18.4 Å². The molecule has 0 fully saturated rings. The molecule has 0 bridgehead atoms. The van der Waals surface area contributed by atoms with E-state index in [0.29, 0.717) is 10.5 Å². The summed E-state index contributed by atoms with van der Waals surface area (Å²) in [6.45, 7) is 1.73. The van der Waals surface area contributed by atoms with Gasteiger partial charge in [-0.15, -0.1) is 0 Å². The molecule has 0 aliphatic heterocycles. The van der Waals surface area contributed by atoms with Gasteiger partial charge in [-0.1, -0.05) is 0 Å². The Labute approximate surface area is 73.7 Å². The second-order valence-electron chi connectivity index (χ2n) is 2.09. The number of nitrogens with one attached hydrogen (secondary N) is 2. The van der Waals surface area contributed by atoms with Gasteiger partial charge < -0.3 is 19.4 Å². The molecule has 6 heteroatoms. The predicted molar refractivity (Wildman–Crippen MR) is 43.7 cm³/mol. The monoisotopic (exact) mass is 188 g/mol. The molecule has 66 valence electrons. The fraction of sp³-hybridized carbons (Fsp3) is 0.333. The molecule has 0 aliphatic rings. The molecule has 1 rings (SSSR count). The van der Waals surface area contributed by atoms with Crippen LogP contribution in [0.1, 0.15) is 5.69 Å². The quantitative estimate of drug-likeness (QED) is 0.518. The van der Waals surface area contributed by atoms with Crippen LogP contribution < -0.4 is 4.74 Å². The predicted octanol–water partition coefficient (Wildman–Crippen LogP) is 1.53. The zero-order valence-electron chi connectivity index (χ0n) is 6.63. The zero-order chi connectivity index (χ0) is 9.14. The molecule has 0 spiro atoms. The summed E-state index contributed by atoms with van der Waals surface area (Å²) in [7, 11) is 1.24. The largest absolute Gasteiger partial charge is 0.514 e. The second kappa shape index (κ2) is 3.40. The lowest BCUT2D eigenvalue weighted by Crippen LogP contribution is -2.08. The Morgan fingerprint density at radius 1 is 1.50 bits per heavy atom. The lowest BCUT2D eigenvalue weighted by molar-refractivity contribution is 0.119. The number of ether oxygens (including phenoxy) is 2. The standard InChI is InChI=1S/C6H8N2O3S/c1-3-4(8-5(12)7-3)11-6(9)10-2/h1-2H3,(H2,7,8,12). The van der Waals surface area contributed by atoms with E-state index in [1.165, 1.54) is 7.11 Å². The number of imidazole rings is 1. The van der Waals surface area contributed by atoms with Gasteiger partial charge in [-0.2, -0.15) is 0 Å². The van der Waals surface area contributed by atoms with E-state index in [1.54, 1.807) is 6.92 Å². The minimum Gasteiger partial charge on any atom is -0.437 e. The maximum absolute atomic E-state index is 10.6. The number of carbonyl (C=O) groups is 1. The van der Waals surface area contributed by atoms with Crippen LogP contribution in [0.2, 0.25) is 0 Å². The van der Waals surface area contributed by atoms with Crippen LogP contribution in [0.25, 0.3) is 0 Å². The van der Waals surface area contributed by atoms with Crippen molar-refractivity contribution < 1.29 is 14.3 Å². The van der Waals surface area contributed by atoms with E-state index < -0.39 is 6.16 Å². The average Bonchev–Trinajstić information content (AvgIpc) is 2.30.